The van der Waals surface area contributed by atoms with Gasteiger partial charge in [0.1, 0.15) is 11.3 Å². The second kappa shape index (κ2) is 4.51. The van der Waals surface area contributed by atoms with Gasteiger partial charge in [0.05, 0.1) is 12.8 Å². The van der Waals surface area contributed by atoms with Crippen LogP contribution < -0.4 is 15.4 Å². The highest BCUT2D eigenvalue weighted by atomic mass is 16.5. The summed E-state index contributed by atoms with van der Waals surface area (Å²) in [5.74, 6) is 0.762. The number of hydrogen-bond acceptors (Lipinski definition) is 4. The molecule has 1 aliphatic heterocycles. The van der Waals surface area contributed by atoms with E-state index in [1.807, 2.05) is 24.3 Å². The van der Waals surface area contributed by atoms with Gasteiger partial charge in [0.25, 0.3) is 0 Å². The molecule has 3 rings (SSSR count). The van der Waals surface area contributed by atoms with Crippen molar-refractivity contribution < 1.29 is 9.53 Å². The zero-order valence-electron chi connectivity index (χ0n) is 10.7. The van der Waals surface area contributed by atoms with Crippen molar-refractivity contribution in [2.24, 2.45) is 5.73 Å². The summed E-state index contributed by atoms with van der Waals surface area (Å²) in [6.07, 6.45) is 2.11. The van der Waals surface area contributed by atoms with E-state index in [-0.39, 0.29) is 11.9 Å². The number of aromatic nitrogens is 1. The summed E-state index contributed by atoms with van der Waals surface area (Å²) in [5.41, 5.74) is 7.46. The summed E-state index contributed by atoms with van der Waals surface area (Å²) in [5, 5.41) is 0.907. The third-order valence-corrected chi connectivity index (χ3v) is 3.38. The number of pyridine rings is 1. The Bertz CT molecular complexity index is 642. The lowest BCUT2D eigenvalue weighted by Gasteiger charge is -2.19. The number of ether oxygens (including phenoxy) is 1. The molecule has 2 N–H and O–H groups in total. The quantitative estimate of drug-likeness (QED) is 0.880. The number of carbonyl (C=O) groups is 1. The normalized spacial score (nSPS) is 19.2. The van der Waals surface area contributed by atoms with Gasteiger partial charge in [-0.2, -0.15) is 0 Å². The fraction of sp³-hybridized carbons (Fsp3) is 0.286. The Morgan fingerprint density at radius 1 is 1.42 bits per heavy atom. The second-order valence-corrected chi connectivity index (χ2v) is 4.66. The molecule has 5 nitrogen and oxygen atoms in total. The summed E-state index contributed by atoms with van der Waals surface area (Å²) >= 11 is 0. The van der Waals surface area contributed by atoms with Crippen molar-refractivity contribution in [3.8, 4) is 5.75 Å². The molecule has 0 saturated carbocycles. The largest absolute Gasteiger partial charge is 0.494 e. The monoisotopic (exact) mass is 257 g/mol. The van der Waals surface area contributed by atoms with E-state index >= 15 is 0 Å². The molecule has 98 valence electrons. The fourth-order valence-electron chi connectivity index (χ4n) is 2.50. The van der Waals surface area contributed by atoms with Gasteiger partial charge in [0, 0.05) is 30.6 Å². The molecule has 1 aromatic heterocycles. The highest BCUT2D eigenvalue weighted by Crippen LogP contribution is 2.33. The van der Waals surface area contributed by atoms with E-state index in [0.717, 1.165) is 16.6 Å². The van der Waals surface area contributed by atoms with E-state index in [1.165, 1.54) is 0 Å². The van der Waals surface area contributed by atoms with E-state index in [1.54, 1.807) is 18.2 Å². The minimum absolute atomic E-state index is 0.0582. The Kier molecular flexibility index (Phi) is 2.83. The van der Waals surface area contributed by atoms with Crippen LogP contribution in [0.25, 0.3) is 10.9 Å². The van der Waals surface area contributed by atoms with E-state index in [9.17, 15) is 4.79 Å². The Morgan fingerprint density at radius 2 is 2.26 bits per heavy atom. The van der Waals surface area contributed by atoms with Crippen molar-refractivity contribution in [3.05, 3.63) is 30.5 Å². The van der Waals surface area contributed by atoms with Crippen LogP contribution in [-0.2, 0) is 4.79 Å². The second-order valence-electron chi connectivity index (χ2n) is 4.66. The van der Waals surface area contributed by atoms with Crippen LogP contribution in [0.4, 0.5) is 5.69 Å². The number of nitrogens with two attached hydrogens (primary N) is 1. The maximum Gasteiger partial charge on any atom is 0.228 e. The van der Waals surface area contributed by atoms with Gasteiger partial charge in [-0.25, -0.2) is 0 Å². The lowest BCUT2D eigenvalue weighted by atomic mass is 10.1. The molecule has 19 heavy (non-hydrogen) atoms. The zero-order valence-corrected chi connectivity index (χ0v) is 10.7. The number of nitrogens with zero attached hydrogens (tertiary/aromatic N) is 2. The lowest BCUT2D eigenvalue weighted by molar-refractivity contribution is -0.117. The van der Waals surface area contributed by atoms with Crippen LogP contribution in [0, 0.1) is 0 Å². The van der Waals surface area contributed by atoms with Crippen LogP contribution in [0.2, 0.25) is 0 Å². The molecule has 1 fully saturated rings. The first-order valence-corrected chi connectivity index (χ1v) is 6.18. The van der Waals surface area contributed by atoms with Crippen molar-refractivity contribution in [1.29, 1.82) is 0 Å². The van der Waals surface area contributed by atoms with E-state index in [0.29, 0.717) is 18.7 Å². The van der Waals surface area contributed by atoms with Gasteiger partial charge in [-0.1, -0.05) is 0 Å². The summed E-state index contributed by atoms with van der Waals surface area (Å²) in [6, 6.07) is 7.42. The molecule has 1 saturated heterocycles. The minimum atomic E-state index is -0.0960. The maximum absolute atomic E-state index is 12.0. The molecule has 0 aliphatic carbocycles. The van der Waals surface area contributed by atoms with Gasteiger partial charge in [-0.05, 0) is 24.3 Å². The van der Waals surface area contributed by atoms with Crippen molar-refractivity contribution in [2.45, 2.75) is 12.5 Å². The molecule has 0 bridgehead atoms. The molecular weight excluding hydrogens is 242 g/mol. The Hall–Kier alpha value is -2.14. The average Bonchev–Trinajstić information content (AvgIpc) is 2.76. The van der Waals surface area contributed by atoms with Gasteiger partial charge >= 0.3 is 0 Å². The van der Waals surface area contributed by atoms with Crippen LogP contribution in [0.15, 0.2) is 30.5 Å². The predicted molar refractivity (Wildman–Crippen MR) is 73.2 cm³/mol. The van der Waals surface area contributed by atoms with Crippen LogP contribution in [-0.4, -0.2) is 30.6 Å². The highest BCUT2D eigenvalue weighted by Gasteiger charge is 2.29. The first-order chi connectivity index (χ1) is 9.20. The third-order valence-electron chi connectivity index (χ3n) is 3.38. The molecule has 2 heterocycles. The fourth-order valence-corrected chi connectivity index (χ4v) is 2.50. The molecule has 1 amide bonds. The topological polar surface area (TPSA) is 68.5 Å². The Morgan fingerprint density at radius 3 is 2.95 bits per heavy atom. The van der Waals surface area contributed by atoms with Crippen LogP contribution in [0.3, 0.4) is 0 Å². The van der Waals surface area contributed by atoms with E-state index in [2.05, 4.69) is 4.98 Å². The van der Waals surface area contributed by atoms with E-state index in [4.69, 9.17) is 10.5 Å². The van der Waals surface area contributed by atoms with Crippen molar-refractivity contribution in [2.75, 3.05) is 18.6 Å². The Labute approximate surface area is 111 Å². The molecule has 1 aliphatic rings. The number of amides is 1. The summed E-state index contributed by atoms with van der Waals surface area (Å²) in [7, 11) is 1.61. The zero-order chi connectivity index (χ0) is 13.4. The number of rotatable bonds is 2. The number of fused-ring (bicyclic) bond motifs is 1. The Balaban J connectivity index is 2.17. The highest BCUT2D eigenvalue weighted by molar-refractivity contribution is 6.05. The maximum atomic E-state index is 12.0. The molecule has 5 heteroatoms. The van der Waals surface area contributed by atoms with Crippen LogP contribution >= 0.6 is 0 Å². The molecule has 2 aromatic rings. The molecule has 0 spiro atoms. The summed E-state index contributed by atoms with van der Waals surface area (Å²) < 4.78 is 5.30. The number of hydrogen-bond donors (Lipinski definition) is 1. The number of methoxy groups -OCH3 is 1. The van der Waals surface area contributed by atoms with Gasteiger partial charge in [0.2, 0.25) is 5.91 Å². The van der Waals surface area contributed by atoms with Gasteiger partial charge in [-0.15, -0.1) is 0 Å². The van der Waals surface area contributed by atoms with Crippen molar-refractivity contribution in [3.63, 3.8) is 0 Å². The van der Waals surface area contributed by atoms with Crippen molar-refractivity contribution in [1.82, 2.24) is 4.98 Å². The molecular formula is C14H15N3O2. The van der Waals surface area contributed by atoms with Gasteiger partial charge in [-0.3, -0.25) is 9.78 Å². The minimum Gasteiger partial charge on any atom is -0.494 e. The number of anilines is 1. The van der Waals surface area contributed by atoms with Gasteiger partial charge in [0.15, 0.2) is 0 Å². The third kappa shape index (κ3) is 1.92. The molecule has 1 atom stereocenters. The number of carbonyl (C=O) groups excluding carboxylic acids is 1. The predicted octanol–water partition coefficient (Wildman–Crippen LogP) is 1.31. The first kappa shape index (κ1) is 11.9. The lowest BCUT2D eigenvalue weighted by Crippen LogP contribution is -2.28. The van der Waals surface area contributed by atoms with Gasteiger partial charge < -0.3 is 15.4 Å². The first-order valence-electron chi connectivity index (χ1n) is 6.18. The molecule has 1 unspecified atom stereocenters. The van der Waals surface area contributed by atoms with Crippen LogP contribution in [0.5, 0.6) is 5.75 Å². The van der Waals surface area contributed by atoms with Crippen molar-refractivity contribution >= 4 is 22.5 Å². The SMILES string of the molecule is COc1ccc(N2CC(N)CC2=O)c2cccnc12. The standard InChI is InChI=1S/C14H15N3O2/c1-19-12-5-4-11(10-3-2-6-16-14(10)12)17-8-9(15)7-13(17)18/h2-6,9H,7-8,15H2,1H3. The molecule has 1 aromatic carbocycles. The molecule has 0 radical (unpaired) electrons. The average molecular weight is 257 g/mol. The number of benzene rings is 1. The van der Waals surface area contributed by atoms with Crippen LogP contribution in [0.1, 0.15) is 6.42 Å². The summed E-state index contributed by atoms with van der Waals surface area (Å²) in [4.78, 5) is 18.0. The summed E-state index contributed by atoms with van der Waals surface area (Å²) in [6.45, 7) is 0.551. The van der Waals surface area contributed by atoms with E-state index < -0.39 is 0 Å². The smallest absolute Gasteiger partial charge is 0.228 e.